The van der Waals surface area contributed by atoms with Crippen LogP contribution in [0.15, 0.2) is 24.3 Å². The van der Waals surface area contributed by atoms with E-state index in [1.54, 1.807) is 7.11 Å². The first-order valence-electron chi connectivity index (χ1n) is 7.54. The maximum absolute atomic E-state index is 9.69. The molecule has 2 unspecified atom stereocenters. The topological polar surface area (TPSA) is 41.5 Å². The molecule has 2 atom stereocenters. The Kier molecular flexibility index (Phi) is 5.19. The predicted octanol–water partition coefficient (Wildman–Crippen LogP) is 2.79. The van der Waals surface area contributed by atoms with Crippen molar-refractivity contribution in [1.82, 2.24) is 5.32 Å². The van der Waals surface area contributed by atoms with Crippen molar-refractivity contribution in [3.05, 3.63) is 35.4 Å². The first-order valence-corrected chi connectivity index (χ1v) is 7.54. The molecule has 2 rings (SSSR count). The van der Waals surface area contributed by atoms with Crippen molar-refractivity contribution >= 4 is 0 Å². The number of ether oxygens (including phenoxy) is 1. The number of aliphatic hydroxyl groups excluding tert-OH is 1. The Morgan fingerprint density at radius 3 is 2.90 bits per heavy atom. The van der Waals surface area contributed by atoms with Crippen LogP contribution in [-0.2, 0) is 10.2 Å². The van der Waals surface area contributed by atoms with Crippen molar-refractivity contribution in [2.24, 2.45) is 0 Å². The Hall–Kier alpha value is -0.900. The van der Waals surface area contributed by atoms with Crippen molar-refractivity contribution in [2.75, 3.05) is 20.3 Å². The van der Waals surface area contributed by atoms with Crippen molar-refractivity contribution < 1.29 is 9.84 Å². The third-order valence-electron chi connectivity index (χ3n) is 4.35. The van der Waals surface area contributed by atoms with E-state index in [-0.39, 0.29) is 11.5 Å². The van der Waals surface area contributed by atoms with Gasteiger partial charge >= 0.3 is 0 Å². The van der Waals surface area contributed by atoms with Crippen molar-refractivity contribution in [3.8, 4) is 0 Å². The summed E-state index contributed by atoms with van der Waals surface area (Å²) in [5.74, 6) is 0. The zero-order valence-corrected chi connectivity index (χ0v) is 12.9. The third kappa shape index (κ3) is 3.60. The van der Waals surface area contributed by atoms with Gasteiger partial charge in [-0.1, -0.05) is 38.1 Å². The lowest BCUT2D eigenvalue weighted by Gasteiger charge is -2.37. The predicted molar refractivity (Wildman–Crippen MR) is 81.9 cm³/mol. The Morgan fingerprint density at radius 1 is 1.40 bits per heavy atom. The van der Waals surface area contributed by atoms with E-state index in [4.69, 9.17) is 4.74 Å². The van der Waals surface area contributed by atoms with Gasteiger partial charge in [-0.2, -0.15) is 0 Å². The lowest BCUT2D eigenvalue weighted by atomic mass is 9.71. The maximum Gasteiger partial charge on any atom is 0.0785 e. The molecule has 0 saturated carbocycles. The fraction of sp³-hybridized carbons (Fsp3) is 0.647. The minimum absolute atomic E-state index is 0.268. The van der Waals surface area contributed by atoms with Gasteiger partial charge in [-0.05, 0) is 42.3 Å². The molecule has 1 aliphatic carbocycles. The van der Waals surface area contributed by atoms with Crippen LogP contribution < -0.4 is 5.32 Å². The fourth-order valence-corrected chi connectivity index (χ4v) is 3.12. The van der Waals surface area contributed by atoms with E-state index in [9.17, 15) is 5.11 Å². The molecule has 3 nitrogen and oxygen atoms in total. The molecule has 2 N–H and O–H groups in total. The summed E-state index contributed by atoms with van der Waals surface area (Å²) in [6.07, 6.45) is 2.71. The molecule has 1 aromatic rings. The summed E-state index contributed by atoms with van der Waals surface area (Å²) in [5.41, 5.74) is 3.15. The Labute approximate surface area is 122 Å². The second kappa shape index (κ2) is 6.70. The average molecular weight is 277 g/mol. The van der Waals surface area contributed by atoms with Crippen LogP contribution in [-0.4, -0.2) is 31.5 Å². The van der Waals surface area contributed by atoms with E-state index in [0.29, 0.717) is 12.6 Å². The van der Waals surface area contributed by atoms with Crippen LogP contribution in [0, 0.1) is 0 Å². The molecule has 20 heavy (non-hydrogen) atoms. The highest BCUT2D eigenvalue weighted by Gasteiger charge is 2.31. The van der Waals surface area contributed by atoms with Crippen LogP contribution in [0.3, 0.4) is 0 Å². The van der Waals surface area contributed by atoms with E-state index in [1.807, 2.05) is 0 Å². The molecular formula is C17H27NO2. The average Bonchev–Trinajstić information content (AvgIpc) is 2.42. The highest BCUT2D eigenvalue weighted by molar-refractivity contribution is 5.38. The molecular weight excluding hydrogens is 250 g/mol. The number of hydrogen-bond acceptors (Lipinski definition) is 3. The summed E-state index contributed by atoms with van der Waals surface area (Å²) in [7, 11) is 1.62. The van der Waals surface area contributed by atoms with Crippen LogP contribution in [0.4, 0.5) is 0 Å². The van der Waals surface area contributed by atoms with Gasteiger partial charge in [0.15, 0.2) is 0 Å². The van der Waals surface area contributed by atoms with Gasteiger partial charge in [0.2, 0.25) is 0 Å². The number of aliphatic hydroxyl groups is 1. The molecule has 112 valence electrons. The standard InChI is InChI=1S/C17H27NO2/c1-17(2)10-8-16(14-6-4-5-7-15(14)17)18-11-9-13(19)12-20-3/h4-7,13,16,18-19H,8-12H2,1-3H3. The molecule has 3 heteroatoms. The molecule has 0 saturated heterocycles. The summed E-state index contributed by atoms with van der Waals surface area (Å²) < 4.78 is 4.95. The lowest BCUT2D eigenvalue weighted by Crippen LogP contribution is -2.34. The number of nitrogens with one attached hydrogen (secondary N) is 1. The molecule has 0 aromatic heterocycles. The summed E-state index contributed by atoms with van der Waals surface area (Å²) in [4.78, 5) is 0. The third-order valence-corrected chi connectivity index (χ3v) is 4.35. The number of fused-ring (bicyclic) bond motifs is 1. The van der Waals surface area contributed by atoms with E-state index < -0.39 is 0 Å². The van der Waals surface area contributed by atoms with Crippen molar-refractivity contribution in [2.45, 2.75) is 50.7 Å². The minimum atomic E-state index is -0.372. The van der Waals surface area contributed by atoms with Gasteiger partial charge in [0, 0.05) is 13.2 Å². The second-order valence-corrected chi connectivity index (χ2v) is 6.41. The van der Waals surface area contributed by atoms with Crippen LogP contribution in [0.1, 0.15) is 50.3 Å². The number of methoxy groups -OCH3 is 1. The summed E-state index contributed by atoms with van der Waals surface area (Å²) in [5, 5.41) is 13.3. The Bertz CT molecular complexity index is 431. The molecule has 1 aliphatic rings. The van der Waals surface area contributed by atoms with Gasteiger partial charge in [0.25, 0.3) is 0 Å². The van der Waals surface area contributed by atoms with E-state index in [1.165, 1.54) is 17.5 Å². The van der Waals surface area contributed by atoms with Crippen LogP contribution in [0.5, 0.6) is 0 Å². The van der Waals surface area contributed by atoms with Gasteiger partial charge in [0.1, 0.15) is 0 Å². The normalized spacial score (nSPS) is 22.3. The molecule has 0 bridgehead atoms. The van der Waals surface area contributed by atoms with E-state index in [2.05, 4.69) is 43.4 Å². The highest BCUT2D eigenvalue weighted by atomic mass is 16.5. The molecule has 1 aromatic carbocycles. The first kappa shape index (κ1) is 15.5. The molecule has 0 amide bonds. The number of rotatable bonds is 6. The van der Waals surface area contributed by atoms with Crippen molar-refractivity contribution in [3.63, 3.8) is 0 Å². The highest BCUT2D eigenvalue weighted by Crippen LogP contribution is 2.41. The Morgan fingerprint density at radius 2 is 2.15 bits per heavy atom. The quantitative estimate of drug-likeness (QED) is 0.840. The SMILES string of the molecule is COCC(O)CCNC1CCC(C)(C)c2ccccc21. The van der Waals surface area contributed by atoms with Gasteiger partial charge < -0.3 is 15.2 Å². The van der Waals surface area contributed by atoms with Gasteiger partial charge in [0.05, 0.1) is 12.7 Å². The minimum Gasteiger partial charge on any atom is -0.391 e. The van der Waals surface area contributed by atoms with Crippen molar-refractivity contribution in [1.29, 1.82) is 0 Å². The zero-order chi connectivity index (χ0) is 14.6. The molecule has 0 fully saturated rings. The van der Waals surface area contributed by atoms with Gasteiger partial charge in [-0.3, -0.25) is 0 Å². The van der Waals surface area contributed by atoms with E-state index in [0.717, 1.165) is 19.4 Å². The lowest BCUT2D eigenvalue weighted by molar-refractivity contribution is 0.0588. The first-order chi connectivity index (χ1) is 9.54. The zero-order valence-electron chi connectivity index (χ0n) is 12.9. The van der Waals surface area contributed by atoms with Crippen LogP contribution >= 0.6 is 0 Å². The summed E-state index contributed by atoms with van der Waals surface area (Å²) in [6, 6.07) is 9.15. The monoisotopic (exact) mass is 277 g/mol. The van der Waals surface area contributed by atoms with Crippen LogP contribution in [0.25, 0.3) is 0 Å². The molecule has 0 spiro atoms. The smallest absolute Gasteiger partial charge is 0.0785 e. The van der Waals surface area contributed by atoms with E-state index >= 15 is 0 Å². The summed E-state index contributed by atoms with van der Waals surface area (Å²) in [6.45, 7) is 5.88. The largest absolute Gasteiger partial charge is 0.391 e. The molecule has 0 heterocycles. The van der Waals surface area contributed by atoms with Gasteiger partial charge in [-0.25, -0.2) is 0 Å². The van der Waals surface area contributed by atoms with Gasteiger partial charge in [-0.15, -0.1) is 0 Å². The fourth-order valence-electron chi connectivity index (χ4n) is 3.12. The van der Waals surface area contributed by atoms with Crippen LogP contribution in [0.2, 0.25) is 0 Å². The Balaban J connectivity index is 1.97. The summed E-state index contributed by atoms with van der Waals surface area (Å²) >= 11 is 0. The second-order valence-electron chi connectivity index (χ2n) is 6.41. The number of benzene rings is 1. The maximum atomic E-state index is 9.69. The molecule has 0 aliphatic heterocycles. The molecule has 0 radical (unpaired) electrons. The number of hydrogen-bond donors (Lipinski definition) is 2.